The van der Waals surface area contributed by atoms with E-state index in [2.05, 4.69) is 15.3 Å². The fraction of sp³-hybridized carbons (Fsp3) is 0.333. The summed E-state index contributed by atoms with van der Waals surface area (Å²) in [5.41, 5.74) is 0.621. The van der Waals surface area contributed by atoms with Gasteiger partial charge in [-0.15, -0.1) is 10.2 Å². The Morgan fingerprint density at radius 3 is 2.74 bits per heavy atom. The second kappa shape index (κ2) is 6.57. The van der Waals surface area contributed by atoms with Crippen LogP contribution in [0.4, 0.5) is 0 Å². The van der Waals surface area contributed by atoms with Gasteiger partial charge in [-0.3, -0.25) is 9.36 Å². The lowest BCUT2D eigenvalue weighted by Gasteiger charge is -2.09. The third kappa shape index (κ3) is 2.93. The van der Waals surface area contributed by atoms with Crippen molar-refractivity contribution in [1.82, 2.24) is 24.4 Å². The zero-order valence-electron chi connectivity index (χ0n) is 12.7. The van der Waals surface area contributed by atoms with Gasteiger partial charge in [-0.2, -0.15) is 9.61 Å². The number of aliphatic hydroxyl groups is 1. The van der Waals surface area contributed by atoms with Crippen LogP contribution in [0.1, 0.15) is 13.3 Å². The Morgan fingerprint density at radius 1 is 1.26 bits per heavy atom. The molecule has 0 spiro atoms. The zero-order valence-corrected chi connectivity index (χ0v) is 12.7. The van der Waals surface area contributed by atoms with Crippen molar-refractivity contribution >= 4 is 5.78 Å². The number of rotatable bonds is 6. The summed E-state index contributed by atoms with van der Waals surface area (Å²) in [6, 6.07) is 7.18. The fourth-order valence-corrected chi connectivity index (χ4v) is 2.25. The molecule has 0 atom stereocenters. The van der Waals surface area contributed by atoms with Crippen LogP contribution < -0.4 is 10.3 Å². The van der Waals surface area contributed by atoms with Gasteiger partial charge in [0.1, 0.15) is 12.1 Å². The molecule has 2 aromatic heterocycles. The summed E-state index contributed by atoms with van der Waals surface area (Å²) in [7, 11) is 0. The first-order valence-electron chi connectivity index (χ1n) is 7.39. The highest BCUT2D eigenvalue weighted by atomic mass is 16.5. The smallest absolute Gasteiger partial charge is 0.281 e. The Hall–Kier alpha value is -2.74. The highest BCUT2D eigenvalue weighted by Gasteiger charge is 2.14. The van der Waals surface area contributed by atoms with Crippen molar-refractivity contribution in [3.8, 4) is 17.0 Å². The molecule has 8 heteroatoms. The van der Waals surface area contributed by atoms with E-state index in [4.69, 9.17) is 9.84 Å². The quantitative estimate of drug-likeness (QED) is 0.721. The molecule has 0 saturated carbocycles. The summed E-state index contributed by atoms with van der Waals surface area (Å²) in [4.78, 5) is 12.6. The molecule has 2 heterocycles. The summed E-state index contributed by atoms with van der Waals surface area (Å²) < 4.78 is 8.32. The van der Waals surface area contributed by atoms with Crippen LogP contribution >= 0.6 is 0 Å². The number of aromatic nitrogens is 5. The summed E-state index contributed by atoms with van der Waals surface area (Å²) in [6.45, 7) is 2.65. The fourth-order valence-electron chi connectivity index (χ4n) is 2.25. The highest BCUT2D eigenvalue weighted by Crippen LogP contribution is 2.18. The molecule has 1 aromatic carbocycles. The molecule has 0 amide bonds. The first-order chi connectivity index (χ1) is 11.2. The van der Waals surface area contributed by atoms with Gasteiger partial charge in [0.05, 0.1) is 19.8 Å². The summed E-state index contributed by atoms with van der Waals surface area (Å²) in [5, 5.41) is 21.1. The van der Waals surface area contributed by atoms with E-state index in [9.17, 15) is 4.79 Å². The lowest BCUT2D eigenvalue weighted by molar-refractivity contribution is 0.275. The lowest BCUT2D eigenvalue weighted by atomic mass is 10.1. The molecule has 0 radical (unpaired) electrons. The van der Waals surface area contributed by atoms with Gasteiger partial charge in [-0.1, -0.05) is 6.92 Å². The molecular formula is C15H17N5O3. The predicted molar refractivity (Wildman–Crippen MR) is 83.3 cm³/mol. The largest absolute Gasteiger partial charge is 0.494 e. The minimum atomic E-state index is -0.318. The van der Waals surface area contributed by atoms with E-state index in [1.54, 1.807) is 24.3 Å². The van der Waals surface area contributed by atoms with Crippen molar-refractivity contribution in [2.75, 3.05) is 13.2 Å². The molecule has 0 bridgehead atoms. The van der Waals surface area contributed by atoms with Crippen LogP contribution in [0, 0.1) is 0 Å². The van der Waals surface area contributed by atoms with Crippen LogP contribution in [-0.4, -0.2) is 42.7 Å². The van der Waals surface area contributed by atoms with E-state index in [1.807, 2.05) is 6.92 Å². The number of nitrogens with zero attached hydrogens (tertiary/aromatic N) is 5. The molecule has 0 saturated heterocycles. The van der Waals surface area contributed by atoms with Crippen LogP contribution in [0.15, 0.2) is 35.4 Å². The Kier molecular flexibility index (Phi) is 4.33. The van der Waals surface area contributed by atoms with Crippen LogP contribution in [0.25, 0.3) is 17.0 Å². The Bertz CT molecular complexity index is 854. The summed E-state index contributed by atoms with van der Waals surface area (Å²) >= 11 is 0. The number of ether oxygens (including phenoxy) is 1. The van der Waals surface area contributed by atoms with Gasteiger partial charge >= 0.3 is 0 Å². The number of hydrogen-bond acceptors (Lipinski definition) is 6. The van der Waals surface area contributed by atoms with Gasteiger partial charge in [-0.25, -0.2) is 0 Å². The molecule has 1 N–H and O–H groups in total. The van der Waals surface area contributed by atoms with Gasteiger partial charge in [0, 0.05) is 5.56 Å². The molecule has 23 heavy (non-hydrogen) atoms. The molecule has 120 valence electrons. The van der Waals surface area contributed by atoms with Gasteiger partial charge in [-0.05, 0) is 30.7 Å². The second-order valence-electron chi connectivity index (χ2n) is 4.98. The molecule has 8 nitrogen and oxygen atoms in total. The summed E-state index contributed by atoms with van der Waals surface area (Å²) in [5.74, 6) is 1.05. The average Bonchev–Trinajstić information content (AvgIpc) is 3.04. The van der Waals surface area contributed by atoms with Crippen molar-refractivity contribution in [1.29, 1.82) is 0 Å². The molecular weight excluding hydrogens is 298 g/mol. The molecule has 0 aliphatic rings. The van der Waals surface area contributed by atoms with Gasteiger partial charge in [0.15, 0.2) is 5.69 Å². The molecule has 0 fully saturated rings. The predicted octanol–water partition coefficient (Wildman–Crippen LogP) is 0.734. The zero-order chi connectivity index (χ0) is 16.2. The maximum atomic E-state index is 12.6. The van der Waals surface area contributed by atoms with Crippen molar-refractivity contribution in [2.45, 2.75) is 19.9 Å². The van der Waals surface area contributed by atoms with Crippen molar-refractivity contribution in [2.24, 2.45) is 0 Å². The number of aliphatic hydroxyl groups excluding tert-OH is 1. The van der Waals surface area contributed by atoms with Crippen molar-refractivity contribution in [3.05, 3.63) is 40.9 Å². The first kappa shape index (κ1) is 15.2. The van der Waals surface area contributed by atoms with E-state index in [0.717, 1.165) is 12.2 Å². The van der Waals surface area contributed by atoms with Crippen LogP contribution in [0.5, 0.6) is 5.75 Å². The third-order valence-corrected chi connectivity index (χ3v) is 3.33. The topological polar surface area (TPSA) is 94.5 Å². The van der Waals surface area contributed by atoms with E-state index in [-0.39, 0.29) is 24.4 Å². The van der Waals surface area contributed by atoms with E-state index in [0.29, 0.717) is 17.9 Å². The van der Waals surface area contributed by atoms with Crippen LogP contribution in [0.2, 0.25) is 0 Å². The minimum Gasteiger partial charge on any atom is -0.494 e. The highest BCUT2D eigenvalue weighted by molar-refractivity contribution is 5.59. The number of hydrogen-bond donors (Lipinski definition) is 1. The van der Waals surface area contributed by atoms with Crippen LogP contribution in [0.3, 0.4) is 0 Å². The Morgan fingerprint density at radius 2 is 2.04 bits per heavy atom. The molecule has 0 aliphatic heterocycles. The minimum absolute atomic E-state index is 0.133. The molecule has 3 aromatic rings. The molecule has 0 unspecified atom stereocenters. The maximum absolute atomic E-state index is 12.6. The lowest BCUT2D eigenvalue weighted by Crippen LogP contribution is -2.27. The average molecular weight is 315 g/mol. The van der Waals surface area contributed by atoms with Crippen molar-refractivity contribution < 1.29 is 9.84 Å². The number of benzene rings is 1. The Labute approximate surface area is 132 Å². The van der Waals surface area contributed by atoms with Crippen LogP contribution in [-0.2, 0) is 6.54 Å². The normalized spacial score (nSPS) is 11.0. The van der Waals surface area contributed by atoms with Crippen molar-refractivity contribution in [3.63, 3.8) is 0 Å². The Balaban J connectivity index is 2.05. The summed E-state index contributed by atoms with van der Waals surface area (Å²) in [6.07, 6.45) is 2.35. The number of fused-ring (bicyclic) bond motifs is 1. The van der Waals surface area contributed by atoms with E-state index in [1.165, 1.54) is 15.4 Å². The second-order valence-corrected chi connectivity index (χ2v) is 4.98. The maximum Gasteiger partial charge on any atom is 0.281 e. The standard InChI is InChI=1S/C15H17N5O3/c1-2-9-23-12-5-3-11(4-6-12)13-14(22)19(7-8-21)15-17-16-10-20(15)18-13/h3-6,10,21H,2,7-9H2,1H3. The first-order valence-corrected chi connectivity index (χ1v) is 7.39. The van der Waals surface area contributed by atoms with Gasteiger partial charge in [0.2, 0.25) is 0 Å². The third-order valence-electron chi connectivity index (χ3n) is 3.33. The van der Waals surface area contributed by atoms with Gasteiger partial charge in [0.25, 0.3) is 11.3 Å². The molecule has 0 aliphatic carbocycles. The van der Waals surface area contributed by atoms with E-state index >= 15 is 0 Å². The van der Waals surface area contributed by atoms with E-state index < -0.39 is 0 Å². The van der Waals surface area contributed by atoms with Gasteiger partial charge < -0.3 is 9.84 Å². The molecule has 3 rings (SSSR count). The monoisotopic (exact) mass is 315 g/mol. The SMILES string of the molecule is CCCOc1ccc(-c2nn3cnnc3n(CCO)c2=O)cc1.